The molecule has 1 amide bonds. The lowest BCUT2D eigenvalue weighted by Crippen LogP contribution is -2.33. The van der Waals surface area contributed by atoms with Crippen LogP contribution < -0.4 is 10.9 Å². The van der Waals surface area contributed by atoms with Crippen LogP contribution in [0.3, 0.4) is 0 Å². The summed E-state index contributed by atoms with van der Waals surface area (Å²) >= 11 is 0. The van der Waals surface area contributed by atoms with Crippen LogP contribution in [0.1, 0.15) is 5.56 Å². The normalized spacial score (nSPS) is 11.4. The fourth-order valence-corrected chi connectivity index (χ4v) is 3.92. The molecule has 0 spiro atoms. The molecule has 9 heteroatoms. The molecule has 0 aliphatic rings. The van der Waals surface area contributed by atoms with Gasteiger partial charge in [-0.1, -0.05) is 48.5 Å². The Hall–Kier alpha value is -3.30. The summed E-state index contributed by atoms with van der Waals surface area (Å²) < 4.78 is 27.1. The van der Waals surface area contributed by atoms with Crippen LogP contribution in [0.25, 0.3) is 11.3 Å². The lowest BCUT2D eigenvalue weighted by Gasteiger charge is -2.15. The number of sulfonamides is 1. The number of aromatic nitrogens is 2. The van der Waals surface area contributed by atoms with Gasteiger partial charge in [-0.25, -0.2) is 17.4 Å². The minimum absolute atomic E-state index is 0.00913. The summed E-state index contributed by atoms with van der Waals surface area (Å²) in [6, 6.07) is 18.7. The molecule has 0 saturated carbocycles. The molecule has 30 heavy (non-hydrogen) atoms. The van der Waals surface area contributed by atoms with Gasteiger partial charge in [-0.05, 0) is 17.7 Å². The fourth-order valence-electron chi connectivity index (χ4n) is 2.81. The number of nitrogens with zero attached hydrogens (tertiary/aromatic N) is 3. The minimum atomic E-state index is -3.64. The van der Waals surface area contributed by atoms with Crippen molar-refractivity contribution in [2.75, 3.05) is 14.1 Å². The minimum Gasteiger partial charge on any atom is -0.350 e. The molecule has 0 bridgehead atoms. The Kier molecular flexibility index (Phi) is 6.43. The van der Waals surface area contributed by atoms with Crippen molar-refractivity contribution in [3.05, 3.63) is 82.6 Å². The Bertz CT molecular complexity index is 1200. The zero-order valence-corrected chi connectivity index (χ0v) is 17.5. The number of carbonyl (C=O) groups is 1. The van der Waals surface area contributed by atoms with Crippen LogP contribution in [0.2, 0.25) is 0 Å². The molecule has 0 atom stereocenters. The molecule has 0 aliphatic carbocycles. The van der Waals surface area contributed by atoms with Crippen molar-refractivity contribution in [1.29, 1.82) is 0 Å². The van der Waals surface area contributed by atoms with E-state index < -0.39 is 21.5 Å². The van der Waals surface area contributed by atoms with Crippen LogP contribution in [0.4, 0.5) is 0 Å². The summed E-state index contributed by atoms with van der Waals surface area (Å²) in [5.41, 5.74) is 1.46. The van der Waals surface area contributed by atoms with Crippen molar-refractivity contribution in [3.63, 3.8) is 0 Å². The van der Waals surface area contributed by atoms with Crippen molar-refractivity contribution in [3.8, 4) is 11.3 Å². The van der Waals surface area contributed by atoms with Gasteiger partial charge < -0.3 is 5.32 Å². The Morgan fingerprint density at radius 3 is 2.37 bits per heavy atom. The lowest BCUT2D eigenvalue weighted by molar-refractivity contribution is -0.122. The maximum atomic E-state index is 12.5. The standard InChI is InChI=1S/C21H22N4O4S/c1-24(2)30(28,29)19-11-7-6-10-17(19)14-22-20(26)15-25-21(27)13-12-18(23-25)16-8-4-3-5-9-16/h3-13H,14-15H2,1-2H3,(H,22,26). The molecule has 0 saturated heterocycles. The highest BCUT2D eigenvalue weighted by Gasteiger charge is 2.20. The zero-order chi connectivity index (χ0) is 21.7. The third kappa shape index (κ3) is 4.81. The molecular formula is C21H22N4O4S. The van der Waals surface area contributed by atoms with Crippen molar-refractivity contribution in [1.82, 2.24) is 19.4 Å². The van der Waals surface area contributed by atoms with Gasteiger partial charge in [0.25, 0.3) is 5.56 Å². The highest BCUT2D eigenvalue weighted by atomic mass is 32.2. The third-order valence-electron chi connectivity index (χ3n) is 4.44. The van der Waals surface area contributed by atoms with Gasteiger partial charge in [-0.15, -0.1) is 0 Å². The molecule has 1 heterocycles. The molecule has 8 nitrogen and oxygen atoms in total. The second-order valence-corrected chi connectivity index (χ2v) is 8.87. The number of amides is 1. The van der Waals surface area contributed by atoms with Crippen molar-refractivity contribution >= 4 is 15.9 Å². The van der Waals surface area contributed by atoms with Crippen molar-refractivity contribution < 1.29 is 13.2 Å². The number of hydrogen-bond donors (Lipinski definition) is 1. The third-order valence-corrected chi connectivity index (χ3v) is 6.35. The highest BCUT2D eigenvalue weighted by molar-refractivity contribution is 7.89. The van der Waals surface area contributed by atoms with E-state index in [2.05, 4.69) is 10.4 Å². The van der Waals surface area contributed by atoms with Gasteiger partial charge in [0.15, 0.2) is 0 Å². The zero-order valence-electron chi connectivity index (χ0n) is 16.6. The van der Waals surface area contributed by atoms with Crippen LogP contribution >= 0.6 is 0 Å². The first-order valence-corrected chi connectivity index (χ1v) is 10.6. The Morgan fingerprint density at radius 1 is 1.00 bits per heavy atom. The Balaban J connectivity index is 1.75. The smallest absolute Gasteiger partial charge is 0.267 e. The van der Waals surface area contributed by atoms with Crippen LogP contribution in [0.5, 0.6) is 0 Å². The first-order chi connectivity index (χ1) is 14.3. The van der Waals surface area contributed by atoms with E-state index in [1.54, 1.807) is 24.3 Å². The predicted octanol–water partition coefficient (Wildman–Crippen LogP) is 1.48. The van der Waals surface area contributed by atoms with Gasteiger partial charge in [0, 0.05) is 32.3 Å². The molecule has 1 N–H and O–H groups in total. The van der Waals surface area contributed by atoms with Crippen molar-refractivity contribution in [2.24, 2.45) is 0 Å². The number of benzene rings is 2. The molecular weight excluding hydrogens is 404 g/mol. The molecule has 156 valence electrons. The van der Waals surface area contributed by atoms with Gasteiger partial charge in [0.2, 0.25) is 15.9 Å². The maximum Gasteiger partial charge on any atom is 0.267 e. The number of carbonyl (C=O) groups excluding carboxylic acids is 1. The second-order valence-electron chi connectivity index (χ2n) is 6.75. The van der Waals surface area contributed by atoms with E-state index in [0.717, 1.165) is 14.6 Å². The van der Waals surface area contributed by atoms with E-state index in [-0.39, 0.29) is 18.0 Å². The van der Waals surface area contributed by atoms with Gasteiger partial charge in [0.1, 0.15) is 6.54 Å². The number of nitrogens with one attached hydrogen (secondary N) is 1. The number of hydrogen-bond acceptors (Lipinski definition) is 5. The average Bonchev–Trinajstić information content (AvgIpc) is 2.74. The van der Waals surface area contributed by atoms with Crippen LogP contribution in [-0.4, -0.2) is 42.5 Å². The van der Waals surface area contributed by atoms with Gasteiger partial charge in [-0.2, -0.15) is 5.10 Å². The van der Waals surface area contributed by atoms with Gasteiger partial charge >= 0.3 is 0 Å². The van der Waals surface area contributed by atoms with Crippen LogP contribution in [0.15, 0.2) is 76.4 Å². The average molecular weight is 426 g/mol. The molecule has 3 aromatic rings. The fraction of sp³-hybridized carbons (Fsp3) is 0.190. The molecule has 0 fully saturated rings. The Morgan fingerprint density at radius 2 is 1.67 bits per heavy atom. The molecule has 0 radical (unpaired) electrons. The second kappa shape index (κ2) is 9.02. The summed E-state index contributed by atoms with van der Waals surface area (Å²) in [5.74, 6) is -0.452. The summed E-state index contributed by atoms with van der Waals surface area (Å²) in [6.07, 6.45) is 0. The largest absolute Gasteiger partial charge is 0.350 e. The first-order valence-electron chi connectivity index (χ1n) is 9.20. The van der Waals surface area contributed by atoms with E-state index in [4.69, 9.17) is 0 Å². The quantitative estimate of drug-likeness (QED) is 0.617. The predicted molar refractivity (Wildman–Crippen MR) is 113 cm³/mol. The topological polar surface area (TPSA) is 101 Å². The van der Waals surface area contributed by atoms with E-state index >= 15 is 0 Å². The summed E-state index contributed by atoms with van der Waals surface area (Å²) in [5, 5.41) is 6.92. The summed E-state index contributed by atoms with van der Waals surface area (Å²) in [4.78, 5) is 24.6. The van der Waals surface area contributed by atoms with E-state index in [1.165, 1.54) is 26.2 Å². The molecule has 0 aliphatic heterocycles. The molecule has 0 unspecified atom stereocenters. The van der Waals surface area contributed by atoms with E-state index in [1.807, 2.05) is 30.3 Å². The lowest BCUT2D eigenvalue weighted by atomic mass is 10.1. The number of rotatable bonds is 7. The molecule has 2 aromatic carbocycles. The monoisotopic (exact) mass is 426 g/mol. The highest BCUT2D eigenvalue weighted by Crippen LogP contribution is 2.18. The first kappa shape index (κ1) is 21.4. The van der Waals surface area contributed by atoms with Crippen molar-refractivity contribution in [2.45, 2.75) is 18.0 Å². The molecule has 3 rings (SSSR count). The van der Waals surface area contributed by atoms with Gasteiger partial charge in [0.05, 0.1) is 10.6 Å². The van der Waals surface area contributed by atoms with E-state index in [0.29, 0.717) is 11.3 Å². The Labute approximate surface area is 174 Å². The maximum absolute atomic E-state index is 12.5. The van der Waals surface area contributed by atoms with Crippen LogP contribution in [-0.2, 0) is 27.9 Å². The van der Waals surface area contributed by atoms with E-state index in [9.17, 15) is 18.0 Å². The molecule has 1 aromatic heterocycles. The summed E-state index contributed by atoms with van der Waals surface area (Å²) in [6.45, 7) is -0.267. The summed E-state index contributed by atoms with van der Waals surface area (Å²) in [7, 11) is -0.749. The van der Waals surface area contributed by atoms with Gasteiger partial charge in [-0.3, -0.25) is 9.59 Å². The van der Waals surface area contributed by atoms with Crippen LogP contribution in [0, 0.1) is 0 Å². The SMILES string of the molecule is CN(C)S(=O)(=O)c1ccccc1CNC(=O)Cn1nc(-c2ccccc2)ccc1=O.